The van der Waals surface area contributed by atoms with Gasteiger partial charge in [-0.25, -0.2) is 0 Å². The van der Waals surface area contributed by atoms with Crippen LogP contribution in [0.25, 0.3) is 10.9 Å². The van der Waals surface area contributed by atoms with Crippen LogP contribution in [0.15, 0.2) is 53.3 Å². The van der Waals surface area contributed by atoms with E-state index in [1.807, 2.05) is 30.5 Å². The minimum atomic E-state index is -0.397. The summed E-state index contributed by atoms with van der Waals surface area (Å²) in [5.74, 6) is -0.102. The molecule has 0 unspecified atom stereocenters. The summed E-state index contributed by atoms with van der Waals surface area (Å²) in [7, 11) is 0. The monoisotopic (exact) mass is 340 g/mol. The average Bonchev–Trinajstić information content (AvgIpc) is 3.28. The number of amides is 1. The molecule has 0 aliphatic carbocycles. The number of carbonyl (C=O) groups excluding carboxylic acids is 2. The number of fused-ring (bicyclic) bond motifs is 1. The molecule has 2 N–H and O–H groups in total. The van der Waals surface area contributed by atoms with Gasteiger partial charge in [-0.15, -0.1) is 0 Å². The molecule has 0 radical (unpaired) electrons. The van der Waals surface area contributed by atoms with Crippen molar-refractivity contribution in [3.8, 4) is 0 Å². The molecule has 0 aliphatic rings. The topological polar surface area (TPSA) is 84.3 Å². The molecule has 6 heteroatoms. The van der Waals surface area contributed by atoms with Crippen LogP contribution in [0.5, 0.6) is 0 Å². The lowest BCUT2D eigenvalue weighted by Crippen LogP contribution is -2.31. The van der Waals surface area contributed by atoms with E-state index in [1.54, 1.807) is 25.3 Å². The molecule has 1 aromatic carbocycles. The Bertz CT molecular complexity index is 851. The lowest BCUT2D eigenvalue weighted by molar-refractivity contribution is -0.148. The minimum Gasteiger partial charge on any atom is -0.467 e. The quantitative estimate of drug-likeness (QED) is 0.647. The number of nitrogens with one attached hydrogen (secondary N) is 2. The zero-order chi connectivity index (χ0) is 17.6. The Morgan fingerprint density at radius 3 is 2.88 bits per heavy atom. The van der Waals surface area contributed by atoms with Gasteiger partial charge in [-0.3, -0.25) is 9.59 Å². The Morgan fingerprint density at radius 2 is 2.08 bits per heavy atom. The highest BCUT2D eigenvalue weighted by atomic mass is 16.5. The van der Waals surface area contributed by atoms with Gasteiger partial charge in [0.1, 0.15) is 5.76 Å². The Hall–Kier alpha value is -3.02. The third-order valence-corrected chi connectivity index (χ3v) is 3.99. The number of furan rings is 1. The number of hydrogen-bond acceptors (Lipinski definition) is 4. The molecule has 130 valence electrons. The molecule has 0 spiro atoms. The smallest absolute Gasteiger partial charge is 0.306 e. The molecule has 0 aliphatic heterocycles. The third kappa shape index (κ3) is 4.29. The van der Waals surface area contributed by atoms with Crippen LogP contribution >= 0.6 is 0 Å². The number of esters is 1. The molecule has 3 rings (SSSR count). The summed E-state index contributed by atoms with van der Waals surface area (Å²) in [6, 6.07) is 11.2. The van der Waals surface area contributed by atoms with E-state index in [9.17, 15) is 9.59 Å². The fraction of sp³-hybridized carbons (Fsp3) is 0.263. The van der Waals surface area contributed by atoms with Crippen LogP contribution < -0.4 is 5.32 Å². The number of carbonyl (C=O) groups is 2. The first-order valence-corrected chi connectivity index (χ1v) is 8.17. The number of aryl methyl sites for hydroxylation is 1. The Kier molecular flexibility index (Phi) is 5.18. The first-order valence-electron chi connectivity index (χ1n) is 8.17. The van der Waals surface area contributed by atoms with Gasteiger partial charge in [-0.1, -0.05) is 18.2 Å². The maximum Gasteiger partial charge on any atom is 0.306 e. The number of rotatable bonds is 7. The summed E-state index contributed by atoms with van der Waals surface area (Å²) in [5, 5.41) is 3.81. The molecule has 2 aromatic heterocycles. The van der Waals surface area contributed by atoms with Gasteiger partial charge in [-0.05, 0) is 37.1 Å². The number of para-hydroxylation sites is 1. The van der Waals surface area contributed by atoms with Crippen molar-refractivity contribution in [1.82, 2.24) is 10.3 Å². The lowest BCUT2D eigenvalue weighted by Gasteiger charge is -2.11. The van der Waals surface area contributed by atoms with Gasteiger partial charge in [0.05, 0.1) is 12.3 Å². The fourth-order valence-corrected chi connectivity index (χ4v) is 2.69. The molecular weight excluding hydrogens is 320 g/mol. The zero-order valence-electron chi connectivity index (χ0n) is 14.0. The minimum absolute atomic E-state index is 0.225. The number of aromatic nitrogens is 1. The number of ether oxygens (including phenoxy) is 1. The predicted octanol–water partition coefficient (Wildman–Crippen LogP) is 3.11. The van der Waals surface area contributed by atoms with Gasteiger partial charge >= 0.3 is 5.97 Å². The fourth-order valence-electron chi connectivity index (χ4n) is 2.69. The number of H-pyrrole nitrogens is 1. The van der Waals surface area contributed by atoms with Crippen molar-refractivity contribution in [3.05, 3.63) is 60.2 Å². The van der Waals surface area contributed by atoms with Crippen molar-refractivity contribution < 1.29 is 18.7 Å². The Balaban J connectivity index is 1.43. The van der Waals surface area contributed by atoms with E-state index in [-0.39, 0.29) is 25.0 Å². The number of benzene rings is 1. The molecule has 25 heavy (non-hydrogen) atoms. The SMILES string of the molecule is C[C@H](NC(=O)COC(=O)CCc1c[nH]c2ccccc12)c1ccco1. The van der Waals surface area contributed by atoms with Crippen LogP contribution in [0.4, 0.5) is 0 Å². The highest BCUT2D eigenvalue weighted by molar-refractivity contribution is 5.84. The van der Waals surface area contributed by atoms with E-state index in [0.717, 1.165) is 16.5 Å². The van der Waals surface area contributed by atoms with E-state index in [4.69, 9.17) is 9.15 Å². The number of aromatic amines is 1. The summed E-state index contributed by atoms with van der Waals surface area (Å²) < 4.78 is 10.3. The third-order valence-electron chi connectivity index (χ3n) is 3.99. The van der Waals surface area contributed by atoms with Crippen molar-refractivity contribution in [2.45, 2.75) is 25.8 Å². The maximum atomic E-state index is 11.9. The summed E-state index contributed by atoms with van der Waals surface area (Å²) >= 11 is 0. The molecule has 0 fully saturated rings. The first kappa shape index (κ1) is 16.8. The van der Waals surface area contributed by atoms with Crippen molar-refractivity contribution in [1.29, 1.82) is 0 Å². The van der Waals surface area contributed by atoms with Crippen LogP contribution in [0, 0.1) is 0 Å². The van der Waals surface area contributed by atoms with Crippen LogP contribution in [0.1, 0.15) is 30.7 Å². The average molecular weight is 340 g/mol. The van der Waals surface area contributed by atoms with E-state index < -0.39 is 5.97 Å². The molecule has 0 saturated carbocycles. The molecule has 3 aromatic rings. The van der Waals surface area contributed by atoms with Gasteiger partial charge in [0, 0.05) is 23.5 Å². The van der Waals surface area contributed by atoms with Gasteiger partial charge in [-0.2, -0.15) is 0 Å². The largest absolute Gasteiger partial charge is 0.467 e. The van der Waals surface area contributed by atoms with Gasteiger partial charge < -0.3 is 19.5 Å². The standard InChI is InChI=1S/C19H20N2O4/c1-13(17-7-4-10-24-17)21-18(22)12-25-19(23)9-8-14-11-20-16-6-3-2-5-15(14)16/h2-7,10-11,13,20H,8-9,12H2,1H3,(H,21,22)/t13-/m0/s1. The molecule has 6 nitrogen and oxygen atoms in total. The first-order chi connectivity index (χ1) is 12.1. The summed E-state index contributed by atoms with van der Waals surface area (Å²) in [6.45, 7) is 1.51. The summed E-state index contributed by atoms with van der Waals surface area (Å²) in [4.78, 5) is 26.9. The Morgan fingerprint density at radius 1 is 1.24 bits per heavy atom. The molecule has 0 saturated heterocycles. The second-order valence-electron chi connectivity index (χ2n) is 5.82. The van der Waals surface area contributed by atoms with Crippen LogP contribution in [0.2, 0.25) is 0 Å². The van der Waals surface area contributed by atoms with E-state index >= 15 is 0 Å². The van der Waals surface area contributed by atoms with Crippen molar-refractivity contribution >= 4 is 22.8 Å². The van der Waals surface area contributed by atoms with Gasteiger partial charge in [0.15, 0.2) is 6.61 Å². The molecule has 0 bridgehead atoms. The lowest BCUT2D eigenvalue weighted by atomic mass is 10.1. The molecule has 1 atom stereocenters. The maximum absolute atomic E-state index is 11.9. The van der Waals surface area contributed by atoms with Crippen LogP contribution in [-0.2, 0) is 20.7 Å². The van der Waals surface area contributed by atoms with E-state index in [1.165, 1.54) is 0 Å². The normalized spacial score (nSPS) is 12.0. The summed E-state index contributed by atoms with van der Waals surface area (Å²) in [5.41, 5.74) is 2.10. The van der Waals surface area contributed by atoms with Crippen molar-refractivity contribution in [3.63, 3.8) is 0 Å². The van der Waals surface area contributed by atoms with Gasteiger partial charge in [0.2, 0.25) is 0 Å². The van der Waals surface area contributed by atoms with Crippen LogP contribution in [-0.4, -0.2) is 23.5 Å². The van der Waals surface area contributed by atoms with E-state index in [0.29, 0.717) is 12.2 Å². The highest BCUT2D eigenvalue weighted by Crippen LogP contribution is 2.19. The second-order valence-corrected chi connectivity index (χ2v) is 5.82. The molecule has 1 amide bonds. The zero-order valence-corrected chi connectivity index (χ0v) is 14.0. The second kappa shape index (κ2) is 7.70. The Labute approximate surface area is 145 Å². The van der Waals surface area contributed by atoms with Crippen LogP contribution in [0.3, 0.4) is 0 Å². The molecular formula is C19H20N2O4. The molecule has 2 heterocycles. The number of hydrogen-bond donors (Lipinski definition) is 2. The van der Waals surface area contributed by atoms with Crippen molar-refractivity contribution in [2.75, 3.05) is 6.61 Å². The van der Waals surface area contributed by atoms with Crippen molar-refractivity contribution in [2.24, 2.45) is 0 Å². The highest BCUT2D eigenvalue weighted by Gasteiger charge is 2.14. The van der Waals surface area contributed by atoms with Gasteiger partial charge in [0.25, 0.3) is 5.91 Å². The van der Waals surface area contributed by atoms with E-state index in [2.05, 4.69) is 10.3 Å². The summed E-state index contributed by atoms with van der Waals surface area (Å²) in [6.07, 6.45) is 4.23. The predicted molar refractivity (Wildman–Crippen MR) is 92.8 cm³/mol.